The number of rotatable bonds is 6. The zero-order chi connectivity index (χ0) is 18.6. The van der Waals surface area contributed by atoms with Gasteiger partial charge in [-0.05, 0) is 19.0 Å². The number of methoxy groups -OCH3 is 1. The Kier molecular flexibility index (Phi) is 6.51. The van der Waals surface area contributed by atoms with Crippen LogP contribution >= 0.6 is 11.3 Å². The molecule has 1 aliphatic heterocycles. The van der Waals surface area contributed by atoms with E-state index in [1.54, 1.807) is 6.92 Å². The summed E-state index contributed by atoms with van der Waals surface area (Å²) in [6.45, 7) is 8.48. The van der Waals surface area contributed by atoms with E-state index in [1.165, 1.54) is 7.11 Å². The zero-order valence-corrected chi connectivity index (χ0v) is 15.6. The van der Waals surface area contributed by atoms with E-state index >= 15 is 0 Å². The van der Waals surface area contributed by atoms with Crippen LogP contribution in [0.25, 0.3) is 0 Å². The third kappa shape index (κ3) is 4.56. The number of piperazine rings is 1. The minimum absolute atomic E-state index is 0.186. The van der Waals surface area contributed by atoms with Gasteiger partial charge in [0.1, 0.15) is 5.00 Å². The number of anilines is 1. The van der Waals surface area contributed by atoms with Crippen LogP contribution in [0.1, 0.15) is 32.5 Å². The van der Waals surface area contributed by atoms with E-state index in [0.717, 1.165) is 44.1 Å². The molecule has 0 saturated carbocycles. The predicted molar refractivity (Wildman–Crippen MR) is 96.1 cm³/mol. The van der Waals surface area contributed by atoms with Gasteiger partial charge in [-0.2, -0.15) is 0 Å². The van der Waals surface area contributed by atoms with Gasteiger partial charge < -0.3 is 20.7 Å². The van der Waals surface area contributed by atoms with Crippen molar-refractivity contribution >= 4 is 34.1 Å². The molecule has 1 fully saturated rings. The normalized spacial score (nSPS) is 15.8. The number of ether oxygens (including phenoxy) is 1. The Morgan fingerprint density at radius 2 is 1.80 bits per heavy atom. The van der Waals surface area contributed by atoms with Crippen LogP contribution in [-0.4, -0.2) is 74.0 Å². The van der Waals surface area contributed by atoms with Crippen LogP contribution in [0.3, 0.4) is 0 Å². The van der Waals surface area contributed by atoms with Crippen LogP contribution in [0.5, 0.6) is 0 Å². The molecular formula is C16H24N4O4S. The average Bonchev–Trinajstić information content (AvgIpc) is 2.91. The van der Waals surface area contributed by atoms with Crippen molar-refractivity contribution in [1.82, 2.24) is 9.80 Å². The molecule has 3 N–H and O–H groups in total. The first kappa shape index (κ1) is 19.4. The topological polar surface area (TPSA) is 105 Å². The minimum Gasteiger partial charge on any atom is -0.465 e. The molecule has 1 saturated heterocycles. The molecule has 0 atom stereocenters. The van der Waals surface area contributed by atoms with Gasteiger partial charge in [-0.3, -0.25) is 14.5 Å². The first-order chi connectivity index (χ1) is 11.9. The first-order valence-electron chi connectivity index (χ1n) is 8.13. The van der Waals surface area contributed by atoms with Gasteiger partial charge in [-0.1, -0.05) is 6.92 Å². The first-order valence-corrected chi connectivity index (χ1v) is 8.95. The molecule has 25 heavy (non-hydrogen) atoms. The molecule has 0 radical (unpaired) electrons. The second kappa shape index (κ2) is 8.41. The summed E-state index contributed by atoms with van der Waals surface area (Å²) in [7, 11) is 1.25. The smallest absolute Gasteiger partial charge is 0.341 e. The van der Waals surface area contributed by atoms with E-state index in [4.69, 9.17) is 10.5 Å². The van der Waals surface area contributed by atoms with E-state index in [1.807, 2.05) is 0 Å². The number of likely N-dealkylation sites (N-methyl/N-ethyl adjacent to an activating group) is 1. The van der Waals surface area contributed by atoms with Gasteiger partial charge in [0.15, 0.2) is 0 Å². The number of thiophene rings is 1. The summed E-state index contributed by atoms with van der Waals surface area (Å²) >= 11 is 0.998. The van der Waals surface area contributed by atoms with Crippen LogP contribution in [0, 0.1) is 6.92 Å². The monoisotopic (exact) mass is 368 g/mol. The lowest BCUT2D eigenvalue weighted by molar-refractivity contribution is -0.117. The molecular weight excluding hydrogens is 344 g/mol. The van der Waals surface area contributed by atoms with Crippen molar-refractivity contribution in [2.45, 2.75) is 13.8 Å². The molecule has 0 aliphatic carbocycles. The predicted octanol–water partition coefficient (Wildman–Crippen LogP) is 0.518. The number of nitrogens with zero attached hydrogens (tertiary/aromatic N) is 2. The van der Waals surface area contributed by atoms with E-state index in [-0.39, 0.29) is 22.9 Å². The van der Waals surface area contributed by atoms with Crippen molar-refractivity contribution in [3.63, 3.8) is 0 Å². The minimum atomic E-state index is -0.635. The van der Waals surface area contributed by atoms with Crippen LogP contribution in [0.15, 0.2) is 0 Å². The van der Waals surface area contributed by atoms with Crippen molar-refractivity contribution in [1.29, 1.82) is 0 Å². The lowest BCUT2D eigenvalue weighted by atomic mass is 10.1. The molecule has 2 amide bonds. The van der Waals surface area contributed by atoms with E-state index in [9.17, 15) is 14.4 Å². The second-order valence-corrected chi connectivity index (χ2v) is 6.90. The Hall–Kier alpha value is -1.97. The Labute approximate surface area is 150 Å². The van der Waals surface area contributed by atoms with Gasteiger partial charge in [0.2, 0.25) is 5.91 Å². The highest BCUT2D eigenvalue weighted by atomic mass is 32.1. The van der Waals surface area contributed by atoms with Crippen LogP contribution < -0.4 is 11.1 Å². The molecule has 0 unspecified atom stereocenters. The molecule has 2 heterocycles. The summed E-state index contributed by atoms with van der Waals surface area (Å²) in [6.07, 6.45) is 0. The molecule has 0 aromatic carbocycles. The molecule has 1 aromatic rings. The highest BCUT2D eigenvalue weighted by Crippen LogP contribution is 2.33. The Morgan fingerprint density at radius 1 is 1.20 bits per heavy atom. The second-order valence-electron chi connectivity index (χ2n) is 5.87. The van der Waals surface area contributed by atoms with E-state index < -0.39 is 11.9 Å². The fraction of sp³-hybridized carbons (Fsp3) is 0.562. The standard InChI is InChI=1S/C16H24N4O4S/c1-4-19-5-7-20(8-6-19)9-11(21)18-15-12(16(23)24-3)10(2)13(25-15)14(17)22/h4-9H2,1-3H3,(H2,17,22)(H,18,21). The van der Waals surface area contributed by atoms with E-state index in [0.29, 0.717) is 10.6 Å². The quantitative estimate of drug-likeness (QED) is 0.709. The molecule has 8 nitrogen and oxygen atoms in total. The number of nitrogens with one attached hydrogen (secondary N) is 1. The number of primary amides is 1. The highest BCUT2D eigenvalue weighted by molar-refractivity contribution is 7.18. The number of carbonyl (C=O) groups is 3. The third-order valence-corrected chi connectivity index (χ3v) is 5.51. The maximum atomic E-state index is 12.4. The van der Waals surface area contributed by atoms with Gasteiger partial charge in [-0.15, -0.1) is 11.3 Å². The summed E-state index contributed by atoms with van der Waals surface area (Å²) in [5, 5.41) is 3.03. The number of amides is 2. The van der Waals surface area contributed by atoms with Crippen molar-refractivity contribution < 1.29 is 19.1 Å². The maximum Gasteiger partial charge on any atom is 0.341 e. The zero-order valence-electron chi connectivity index (χ0n) is 14.8. The number of esters is 1. The lowest BCUT2D eigenvalue weighted by Gasteiger charge is -2.33. The maximum absolute atomic E-state index is 12.4. The Morgan fingerprint density at radius 3 is 2.32 bits per heavy atom. The van der Waals surface area contributed by atoms with Crippen molar-refractivity contribution in [3.05, 3.63) is 16.0 Å². The lowest BCUT2D eigenvalue weighted by Crippen LogP contribution is -2.48. The summed E-state index contributed by atoms with van der Waals surface area (Å²) in [5.74, 6) is -1.47. The summed E-state index contributed by atoms with van der Waals surface area (Å²) < 4.78 is 4.75. The molecule has 0 spiro atoms. The van der Waals surface area contributed by atoms with E-state index in [2.05, 4.69) is 22.0 Å². The van der Waals surface area contributed by atoms with Gasteiger partial charge in [0.05, 0.1) is 24.1 Å². The van der Waals surface area contributed by atoms with Crippen LogP contribution in [-0.2, 0) is 9.53 Å². The highest BCUT2D eigenvalue weighted by Gasteiger charge is 2.26. The molecule has 138 valence electrons. The fourth-order valence-electron chi connectivity index (χ4n) is 2.82. The number of hydrogen-bond donors (Lipinski definition) is 2. The molecule has 1 aliphatic rings. The van der Waals surface area contributed by atoms with Crippen molar-refractivity contribution in [2.75, 3.05) is 51.7 Å². The molecule has 2 rings (SSSR count). The molecule has 9 heteroatoms. The van der Waals surface area contributed by atoms with Gasteiger partial charge >= 0.3 is 5.97 Å². The molecule has 0 bridgehead atoms. The number of carbonyl (C=O) groups excluding carboxylic acids is 3. The fourth-order valence-corrected chi connectivity index (χ4v) is 3.88. The number of nitrogens with two attached hydrogens (primary N) is 1. The van der Waals surface area contributed by atoms with Crippen molar-refractivity contribution in [2.24, 2.45) is 5.73 Å². The number of hydrogen-bond acceptors (Lipinski definition) is 7. The van der Waals surface area contributed by atoms with Gasteiger partial charge in [0, 0.05) is 26.2 Å². The summed E-state index contributed by atoms with van der Waals surface area (Å²) in [6, 6.07) is 0. The van der Waals surface area contributed by atoms with Crippen LogP contribution in [0.2, 0.25) is 0 Å². The Balaban J connectivity index is 2.08. The Bertz CT molecular complexity index is 665. The van der Waals surface area contributed by atoms with Crippen LogP contribution in [0.4, 0.5) is 5.00 Å². The SMILES string of the molecule is CCN1CCN(CC(=O)Nc2sc(C(N)=O)c(C)c2C(=O)OC)CC1. The van der Waals surface area contributed by atoms with Gasteiger partial charge in [-0.25, -0.2) is 4.79 Å². The average molecular weight is 368 g/mol. The largest absolute Gasteiger partial charge is 0.465 e. The summed E-state index contributed by atoms with van der Waals surface area (Å²) in [4.78, 5) is 40.5. The summed E-state index contributed by atoms with van der Waals surface area (Å²) in [5.41, 5.74) is 5.95. The van der Waals surface area contributed by atoms with Crippen molar-refractivity contribution in [3.8, 4) is 0 Å². The van der Waals surface area contributed by atoms with Gasteiger partial charge in [0.25, 0.3) is 5.91 Å². The molecule has 1 aromatic heterocycles. The third-order valence-electron chi connectivity index (χ3n) is 4.29.